The van der Waals surface area contributed by atoms with Gasteiger partial charge < -0.3 is 5.43 Å². The van der Waals surface area contributed by atoms with Gasteiger partial charge >= 0.3 is 0 Å². The quantitative estimate of drug-likeness (QED) is 0.614. The molecule has 0 spiro atoms. The number of nitrogens with two attached hydrogens (primary N) is 1. The summed E-state index contributed by atoms with van der Waals surface area (Å²) in [4.78, 5) is 6.71. The summed E-state index contributed by atoms with van der Waals surface area (Å²) in [6.45, 7) is 3.58. The van der Waals surface area contributed by atoms with Crippen LogP contribution in [0.3, 0.4) is 0 Å². The van der Waals surface area contributed by atoms with E-state index in [-0.39, 0.29) is 0 Å². The van der Waals surface area contributed by atoms with Gasteiger partial charge in [-0.2, -0.15) is 0 Å². The van der Waals surface area contributed by atoms with E-state index in [1.807, 2.05) is 12.3 Å². The van der Waals surface area contributed by atoms with Gasteiger partial charge in [0.1, 0.15) is 5.82 Å². The topological polar surface area (TPSA) is 54.2 Å². The summed E-state index contributed by atoms with van der Waals surface area (Å²) in [7, 11) is 0. The van der Waals surface area contributed by atoms with Crippen molar-refractivity contribution in [2.24, 2.45) is 17.7 Å². The van der Waals surface area contributed by atoms with Crippen molar-refractivity contribution in [3.63, 3.8) is 0 Å². The van der Waals surface area contributed by atoms with Crippen LogP contribution >= 0.6 is 0 Å². The Labute approximate surface area is 102 Å². The fourth-order valence-corrected chi connectivity index (χ4v) is 3.37. The van der Waals surface area contributed by atoms with E-state index in [2.05, 4.69) is 21.4 Å². The Bertz CT molecular complexity index is 381. The number of anilines is 1. The number of likely N-dealkylation sites (tertiary alicyclic amines) is 1. The summed E-state index contributed by atoms with van der Waals surface area (Å²) in [5.41, 5.74) is 3.90. The second-order valence-electron chi connectivity index (χ2n) is 5.34. The number of nitrogens with zero attached hydrogens (tertiary/aromatic N) is 2. The number of fused-ring (bicyclic) bond motifs is 1. The van der Waals surface area contributed by atoms with Crippen molar-refractivity contribution in [2.75, 3.05) is 18.5 Å². The third-order valence-corrected chi connectivity index (χ3v) is 4.18. The molecular formula is C13H20N4. The molecule has 4 heteroatoms. The zero-order valence-corrected chi connectivity index (χ0v) is 10.1. The Morgan fingerprint density at radius 1 is 1.35 bits per heavy atom. The maximum atomic E-state index is 5.38. The van der Waals surface area contributed by atoms with Crippen molar-refractivity contribution in [3.8, 4) is 0 Å². The average molecular weight is 232 g/mol. The second-order valence-corrected chi connectivity index (χ2v) is 5.34. The first-order valence-electron chi connectivity index (χ1n) is 6.49. The smallest absolute Gasteiger partial charge is 0.140 e. The van der Waals surface area contributed by atoms with Crippen LogP contribution in [0.15, 0.2) is 18.3 Å². The summed E-state index contributed by atoms with van der Waals surface area (Å²) >= 11 is 0. The maximum absolute atomic E-state index is 5.38. The molecule has 1 aromatic rings. The lowest BCUT2D eigenvalue weighted by Gasteiger charge is -2.16. The van der Waals surface area contributed by atoms with Gasteiger partial charge in [0.25, 0.3) is 0 Å². The number of hydrogen-bond donors (Lipinski definition) is 2. The Balaban J connectivity index is 1.63. The van der Waals surface area contributed by atoms with Gasteiger partial charge in [0.05, 0.1) is 0 Å². The van der Waals surface area contributed by atoms with Crippen molar-refractivity contribution >= 4 is 5.82 Å². The van der Waals surface area contributed by atoms with Crippen LogP contribution in [0.25, 0.3) is 0 Å². The van der Waals surface area contributed by atoms with E-state index >= 15 is 0 Å². The number of rotatable bonds is 3. The highest BCUT2D eigenvalue weighted by molar-refractivity contribution is 5.35. The van der Waals surface area contributed by atoms with Crippen LogP contribution < -0.4 is 11.3 Å². The number of hydrogen-bond acceptors (Lipinski definition) is 4. The van der Waals surface area contributed by atoms with Crippen LogP contribution in [0.4, 0.5) is 5.82 Å². The Kier molecular flexibility index (Phi) is 2.99. The first kappa shape index (κ1) is 11.0. The predicted molar refractivity (Wildman–Crippen MR) is 68.2 cm³/mol. The van der Waals surface area contributed by atoms with E-state index in [4.69, 9.17) is 5.84 Å². The molecule has 4 nitrogen and oxygen atoms in total. The van der Waals surface area contributed by atoms with Gasteiger partial charge in [0, 0.05) is 25.8 Å². The lowest BCUT2D eigenvalue weighted by molar-refractivity contribution is 0.303. The molecule has 0 bridgehead atoms. The zero-order chi connectivity index (χ0) is 11.7. The van der Waals surface area contributed by atoms with Gasteiger partial charge in [-0.3, -0.25) is 4.90 Å². The van der Waals surface area contributed by atoms with Crippen LogP contribution in [0.2, 0.25) is 0 Å². The first-order valence-corrected chi connectivity index (χ1v) is 6.49. The normalized spacial score (nSPS) is 28.3. The molecule has 2 heterocycles. The number of pyridine rings is 1. The molecule has 92 valence electrons. The minimum Gasteiger partial charge on any atom is -0.308 e. The van der Waals surface area contributed by atoms with E-state index in [1.54, 1.807) is 0 Å². The lowest BCUT2D eigenvalue weighted by atomic mass is 10.0. The second kappa shape index (κ2) is 4.63. The van der Waals surface area contributed by atoms with Crippen molar-refractivity contribution in [1.82, 2.24) is 9.88 Å². The zero-order valence-electron chi connectivity index (χ0n) is 10.1. The maximum Gasteiger partial charge on any atom is 0.140 e. The number of hydrazine groups is 1. The number of nitrogen functional groups attached to an aromatic ring is 1. The predicted octanol–water partition coefficient (Wildman–Crippen LogP) is 1.60. The largest absolute Gasteiger partial charge is 0.308 e. The molecule has 2 unspecified atom stereocenters. The standard InChI is InChI=1S/C13H20N4/c14-16-13-6-10(4-5-15-13)7-17-8-11-2-1-3-12(11)9-17/h4-6,11-12H,1-3,7-9,14H2,(H,15,16). The van der Waals surface area contributed by atoms with Crippen LogP contribution in [0, 0.1) is 11.8 Å². The third kappa shape index (κ3) is 2.28. The van der Waals surface area contributed by atoms with Gasteiger partial charge in [0.2, 0.25) is 0 Å². The van der Waals surface area contributed by atoms with Crippen LogP contribution in [-0.2, 0) is 6.54 Å². The van der Waals surface area contributed by atoms with Crippen LogP contribution in [0.5, 0.6) is 0 Å². The fourth-order valence-electron chi connectivity index (χ4n) is 3.37. The molecule has 17 heavy (non-hydrogen) atoms. The summed E-state index contributed by atoms with van der Waals surface area (Å²) in [5, 5.41) is 0. The molecule has 2 atom stereocenters. The Morgan fingerprint density at radius 2 is 2.12 bits per heavy atom. The summed E-state index contributed by atoms with van der Waals surface area (Å²) in [5.74, 6) is 8.05. The molecular weight excluding hydrogens is 212 g/mol. The molecule has 1 aliphatic carbocycles. The SMILES string of the molecule is NNc1cc(CN2CC3CCCC3C2)ccn1. The number of aromatic nitrogens is 1. The van der Waals surface area contributed by atoms with Gasteiger partial charge in [-0.25, -0.2) is 10.8 Å². The molecule has 1 aliphatic heterocycles. The highest BCUT2D eigenvalue weighted by atomic mass is 15.2. The molecule has 1 aromatic heterocycles. The van der Waals surface area contributed by atoms with Crippen LogP contribution in [-0.4, -0.2) is 23.0 Å². The van der Waals surface area contributed by atoms with E-state index in [1.165, 1.54) is 37.9 Å². The van der Waals surface area contributed by atoms with Crippen molar-refractivity contribution < 1.29 is 0 Å². The van der Waals surface area contributed by atoms with E-state index < -0.39 is 0 Å². The molecule has 1 saturated heterocycles. The van der Waals surface area contributed by atoms with E-state index in [0.29, 0.717) is 0 Å². The minimum absolute atomic E-state index is 0.752. The molecule has 0 radical (unpaired) electrons. The monoisotopic (exact) mass is 232 g/mol. The van der Waals surface area contributed by atoms with Gasteiger partial charge in [-0.05, 0) is 42.4 Å². The van der Waals surface area contributed by atoms with E-state index in [0.717, 1.165) is 24.2 Å². The molecule has 2 fully saturated rings. The summed E-state index contributed by atoms with van der Waals surface area (Å²) < 4.78 is 0. The molecule has 0 amide bonds. The Morgan fingerprint density at radius 3 is 2.82 bits per heavy atom. The van der Waals surface area contributed by atoms with Gasteiger partial charge in [0.15, 0.2) is 0 Å². The number of nitrogens with one attached hydrogen (secondary N) is 1. The third-order valence-electron chi connectivity index (χ3n) is 4.18. The highest BCUT2D eigenvalue weighted by Gasteiger charge is 2.35. The first-order chi connectivity index (χ1) is 8.35. The molecule has 3 rings (SSSR count). The lowest BCUT2D eigenvalue weighted by Crippen LogP contribution is -2.21. The highest BCUT2D eigenvalue weighted by Crippen LogP contribution is 2.38. The van der Waals surface area contributed by atoms with Gasteiger partial charge in [-0.1, -0.05) is 6.42 Å². The van der Waals surface area contributed by atoms with Gasteiger partial charge in [-0.15, -0.1) is 0 Å². The minimum atomic E-state index is 0.752. The fraction of sp³-hybridized carbons (Fsp3) is 0.615. The van der Waals surface area contributed by atoms with Crippen molar-refractivity contribution in [2.45, 2.75) is 25.8 Å². The summed E-state index contributed by atoms with van der Waals surface area (Å²) in [6.07, 6.45) is 6.14. The van der Waals surface area contributed by atoms with Crippen molar-refractivity contribution in [1.29, 1.82) is 0 Å². The molecule has 3 N–H and O–H groups in total. The molecule has 2 aliphatic rings. The summed E-state index contributed by atoms with van der Waals surface area (Å²) in [6, 6.07) is 4.11. The Hall–Kier alpha value is -1.13. The molecule has 1 saturated carbocycles. The van der Waals surface area contributed by atoms with Crippen molar-refractivity contribution in [3.05, 3.63) is 23.9 Å². The van der Waals surface area contributed by atoms with Crippen LogP contribution in [0.1, 0.15) is 24.8 Å². The molecule has 0 aromatic carbocycles. The average Bonchev–Trinajstić information content (AvgIpc) is 2.90. The van der Waals surface area contributed by atoms with E-state index in [9.17, 15) is 0 Å².